The first kappa shape index (κ1) is 14.5. The van der Waals surface area contributed by atoms with E-state index in [0.717, 1.165) is 34.7 Å². The van der Waals surface area contributed by atoms with Crippen LogP contribution in [-0.4, -0.2) is 0 Å². The molecule has 0 bridgehead atoms. The summed E-state index contributed by atoms with van der Waals surface area (Å²) >= 11 is 1.68. The van der Waals surface area contributed by atoms with Gasteiger partial charge in [0.1, 0.15) is 0 Å². The maximum atomic E-state index is 6.10. The first-order chi connectivity index (χ1) is 10.6. The molecule has 1 aromatic heterocycles. The van der Waals surface area contributed by atoms with E-state index in [1.165, 1.54) is 11.1 Å². The van der Waals surface area contributed by atoms with Crippen LogP contribution in [0.2, 0.25) is 0 Å². The Hall–Kier alpha value is -2.46. The molecule has 0 amide bonds. The van der Waals surface area contributed by atoms with Crippen LogP contribution in [0.1, 0.15) is 11.1 Å². The van der Waals surface area contributed by atoms with Gasteiger partial charge in [0.25, 0.3) is 0 Å². The van der Waals surface area contributed by atoms with E-state index in [2.05, 4.69) is 47.3 Å². The van der Waals surface area contributed by atoms with Gasteiger partial charge in [-0.1, -0.05) is 17.7 Å². The van der Waals surface area contributed by atoms with Crippen LogP contribution in [0.3, 0.4) is 0 Å². The maximum Gasteiger partial charge on any atom is 0.0415 e. The zero-order valence-electron chi connectivity index (χ0n) is 12.5. The molecule has 0 aliphatic heterocycles. The van der Waals surface area contributed by atoms with Crippen LogP contribution in [0.5, 0.6) is 0 Å². The molecular weight excluding hydrogens is 290 g/mol. The van der Waals surface area contributed by atoms with Crippen LogP contribution >= 0.6 is 11.3 Å². The van der Waals surface area contributed by atoms with Crippen molar-refractivity contribution in [3.63, 3.8) is 0 Å². The molecule has 2 aromatic carbocycles. The van der Waals surface area contributed by atoms with Gasteiger partial charge in [-0.2, -0.15) is 11.3 Å². The fourth-order valence-electron chi connectivity index (χ4n) is 2.37. The molecule has 22 heavy (non-hydrogen) atoms. The van der Waals surface area contributed by atoms with Crippen LogP contribution in [0, 0.1) is 6.92 Å². The van der Waals surface area contributed by atoms with Gasteiger partial charge in [-0.15, -0.1) is 0 Å². The van der Waals surface area contributed by atoms with Crippen LogP contribution in [0.25, 0.3) is 11.1 Å². The Kier molecular flexibility index (Phi) is 4.02. The van der Waals surface area contributed by atoms with Crippen LogP contribution in [0.4, 0.5) is 17.1 Å². The number of benzene rings is 2. The molecular formula is C18H19N3S. The number of nitrogens with two attached hydrogens (primary N) is 2. The van der Waals surface area contributed by atoms with E-state index < -0.39 is 0 Å². The molecule has 4 heteroatoms. The number of hydrogen-bond donors (Lipinski definition) is 3. The molecule has 0 fully saturated rings. The van der Waals surface area contributed by atoms with Gasteiger partial charge in [-0.3, -0.25) is 0 Å². The van der Waals surface area contributed by atoms with Gasteiger partial charge in [0, 0.05) is 29.2 Å². The van der Waals surface area contributed by atoms with Crippen molar-refractivity contribution in [2.75, 3.05) is 16.8 Å². The summed E-state index contributed by atoms with van der Waals surface area (Å²) in [7, 11) is 0. The number of nitrogen functional groups attached to an aromatic ring is 2. The molecule has 3 aromatic rings. The summed E-state index contributed by atoms with van der Waals surface area (Å²) in [5.74, 6) is 0. The largest absolute Gasteiger partial charge is 0.399 e. The Balaban J connectivity index is 1.83. The summed E-state index contributed by atoms with van der Waals surface area (Å²) in [6.45, 7) is 2.85. The third-order valence-corrected chi connectivity index (χ3v) is 4.44. The van der Waals surface area contributed by atoms with Gasteiger partial charge in [-0.05, 0) is 59.1 Å². The molecule has 0 saturated carbocycles. The highest BCUT2D eigenvalue weighted by Crippen LogP contribution is 2.33. The quantitative estimate of drug-likeness (QED) is 0.622. The Morgan fingerprint density at radius 1 is 0.955 bits per heavy atom. The number of rotatable bonds is 4. The van der Waals surface area contributed by atoms with Gasteiger partial charge in [0.2, 0.25) is 0 Å². The molecule has 0 saturated heterocycles. The zero-order chi connectivity index (χ0) is 15.5. The minimum atomic E-state index is 0.729. The number of nitrogens with one attached hydrogen (secondary N) is 1. The van der Waals surface area contributed by atoms with Gasteiger partial charge >= 0.3 is 0 Å². The second kappa shape index (κ2) is 6.12. The predicted octanol–water partition coefficient (Wildman–Crippen LogP) is 4.50. The number of aryl methyl sites for hydroxylation is 1. The summed E-state index contributed by atoms with van der Waals surface area (Å²) in [5, 5.41) is 7.73. The molecule has 1 heterocycles. The summed E-state index contributed by atoms with van der Waals surface area (Å²) < 4.78 is 0. The van der Waals surface area contributed by atoms with Gasteiger partial charge in [0.15, 0.2) is 0 Å². The minimum Gasteiger partial charge on any atom is -0.399 e. The van der Waals surface area contributed by atoms with Crippen LogP contribution < -0.4 is 16.8 Å². The highest BCUT2D eigenvalue weighted by Gasteiger charge is 2.10. The third-order valence-electron chi connectivity index (χ3n) is 3.64. The Morgan fingerprint density at radius 2 is 1.73 bits per heavy atom. The lowest BCUT2D eigenvalue weighted by atomic mass is 10.0. The lowest BCUT2D eigenvalue weighted by molar-refractivity contribution is 1.16. The molecule has 3 nitrogen and oxygen atoms in total. The average molecular weight is 309 g/mol. The van der Waals surface area contributed by atoms with E-state index in [1.54, 1.807) is 11.3 Å². The van der Waals surface area contributed by atoms with E-state index in [9.17, 15) is 0 Å². The SMILES string of the molecule is Cc1ccc(NCc2cscc2-c2cc(N)ccc2N)cc1. The van der Waals surface area contributed by atoms with E-state index >= 15 is 0 Å². The summed E-state index contributed by atoms with van der Waals surface area (Å²) in [6, 6.07) is 14.0. The van der Waals surface area contributed by atoms with Crippen LogP contribution in [-0.2, 0) is 6.54 Å². The zero-order valence-corrected chi connectivity index (χ0v) is 13.3. The lowest BCUT2D eigenvalue weighted by Crippen LogP contribution is -2.00. The maximum absolute atomic E-state index is 6.10. The summed E-state index contributed by atoms with van der Waals surface area (Å²) in [4.78, 5) is 0. The first-order valence-corrected chi connectivity index (χ1v) is 8.09. The average Bonchev–Trinajstić information content (AvgIpc) is 2.97. The normalized spacial score (nSPS) is 10.6. The Labute approximate surface area is 134 Å². The van der Waals surface area contributed by atoms with E-state index in [1.807, 2.05) is 18.2 Å². The molecule has 0 atom stereocenters. The monoisotopic (exact) mass is 309 g/mol. The van der Waals surface area contributed by atoms with Crippen molar-refractivity contribution in [2.24, 2.45) is 0 Å². The van der Waals surface area contributed by atoms with Crippen molar-refractivity contribution < 1.29 is 0 Å². The second-order valence-corrected chi connectivity index (χ2v) is 6.12. The van der Waals surface area contributed by atoms with E-state index in [0.29, 0.717) is 0 Å². The van der Waals surface area contributed by atoms with Crippen molar-refractivity contribution >= 4 is 28.4 Å². The number of thiophene rings is 1. The molecule has 0 spiro atoms. The minimum absolute atomic E-state index is 0.729. The third kappa shape index (κ3) is 3.07. The van der Waals surface area contributed by atoms with Crippen molar-refractivity contribution in [3.05, 3.63) is 64.4 Å². The van der Waals surface area contributed by atoms with Gasteiger partial charge < -0.3 is 16.8 Å². The van der Waals surface area contributed by atoms with Crippen molar-refractivity contribution in [1.82, 2.24) is 0 Å². The van der Waals surface area contributed by atoms with E-state index in [4.69, 9.17) is 11.5 Å². The highest BCUT2D eigenvalue weighted by atomic mass is 32.1. The second-order valence-electron chi connectivity index (χ2n) is 5.38. The Morgan fingerprint density at radius 3 is 2.50 bits per heavy atom. The molecule has 0 aliphatic carbocycles. The van der Waals surface area contributed by atoms with Crippen molar-refractivity contribution in [1.29, 1.82) is 0 Å². The molecule has 0 unspecified atom stereocenters. The molecule has 3 rings (SSSR count). The van der Waals surface area contributed by atoms with Gasteiger partial charge in [-0.25, -0.2) is 0 Å². The standard InChI is InChI=1S/C18H19N3S/c1-12-2-5-15(6-3-12)21-9-13-10-22-11-17(13)16-8-14(19)4-7-18(16)20/h2-8,10-11,21H,9,19-20H2,1H3. The highest BCUT2D eigenvalue weighted by molar-refractivity contribution is 7.08. The predicted molar refractivity (Wildman–Crippen MR) is 97.1 cm³/mol. The topological polar surface area (TPSA) is 64.1 Å². The first-order valence-electron chi connectivity index (χ1n) is 7.14. The smallest absolute Gasteiger partial charge is 0.0415 e. The van der Waals surface area contributed by atoms with Crippen molar-refractivity contribution in [3.8, 4) is 11.1 Å². The fourth-order valence-corrected chi connectivity index (χ4v) is 3.23. The number of anilines is 3. The molecule has 5 N–H and O–H groups in total. The number of hydrogen-bond acceptors (Lipinski definition) is 4. The lowest BCUT2D eigenvalue weighted by Gasteiger charge is -2.10. The van der Waals surface area contributed by atoms with Crippen molar-refractivity contribution in [2.45, 2.75) is 13.5 Å². The van der Waals surface area contributed by atoms with Gasteiger partial charge in [0.05, 0.1) is 0 Å². The summed E-state index contributed by atoms with van der Waals surface area (Å²) in [6.07, 6.45) is 0. The fraction of sp³-hybridized carbons (Fsp3) is 0.111. The van der Waals surface area contributed by atoms with E-state index in [-0.39, 0.29) is 0 Å². The van der Waals surface area contributed by atoms with Crippen LogP contribution in [0.15, 0.2) is 53.2 Å². The Bertz CT molecular complexity index is 775. The molecule has 112 valence electrons. The summed E-state index contributed by atoms with van der Waals surface area (Å²) in [5.41, 5.74) is 19.2. The molecule has 0 radical (unpaired) electrons. The molecule has 0 aliphatic rings.